The lowest BCUT2D eigenvalue weighted by atomic mass is 9.89. The van der Waals surface area contributed by atoms with Crippen molar-refractivity contribution in [2.75, 3.05) is 33.4 Å². The number of carbonyl (C=O) groups excluding carboxylic acids is 2. The van der Waals surface area contributed by atoms with Gasteiger partial charge in [-0.1, -0.05) is 6.07 Å². The Morgan fingerprint density at radius 1 is 0.968 bits per heavy atom. The number of piperidine rings is 1. The number of ketones is 1. The minimum Gasteiger partial charge on any atom is -0.486 e. The Bertz CT molecular complexity index is 1100. The van der Waals surface area contributed by atoms with Crippen LogP contribution in [0.4, 0.5) is 0 Å². The highest BCUT2D eigenvalue weighted by Gasteiger charge is 2.33. The number of benzene rings is 2. The van der Waals surface area contributed by atoms with Crippen LogP contribution in [0.15, 0.2) is 47.4 Å². The number of Topliss-reactive ketones (excluding diaryl/α,β-unsaturated/α-hetero) is 1. The Kier molecular flexibility index (Phi) is 5.97. The summed E-state index contributed by atoms with van der Waals surface area (Å²) in [6.45, 7) is 1.38. The summed E-state index contributed by atoms with van der Waals surface area (Å²) in [7, 11) is -2.53. The van der Waals surface area contributed by atoms with Crippen LogP contribution in [0.3, 0.4) is 0 Å². The number of fused-ring (bicyclic) bond motifs is 1. The highest BCUT2D eigenvalue weighted by atomic mass is 32.2. The summed E-state index contributed by atoms with van der Waals surface area (Å²) in [4.78, 5) is 24.7. The zero-order chi connectivity index (χ0) is 22.0. The first-order valence-corrected chi connectivity index (χ1v) is 11.5. The Balaban J connectivity index is 1.44. The molecule has 0 atom stereocenters. The topological polar surface area (TPSA) is 99.2 Å². The lowest BCUT2D eigenvalue weighted by Gasteiger charge is -2.30. The molecule has 0 unspecified atom stereocenters. The van der Waals surface area contributed by atoms with Crippen LogP contribution in [0.1, 0.15) is 33.6 Å². The molecule has 8 nitrogen and oxygen atoms in total. The number of hydrogen-bond acceptors (Lipinski definition) is 7. The van der Waals surface area contributed by atoms with Gasteiger partial charge in [0.1, 0.15) is 13.2 Å². The molecule has 2 aliphatic heterocycles. The minimum absolute atomic E-state index is 0.0262. The van der Waals surface area contributed by atoms with E-state index in [-0.39, 0.29) is 35.2 Å². The molecule has 2 aromatic rings. The number of ether oxygens (including phenoxy) is 3. The summed E-state index contributed by atoms with van der Waals surface area (Å²) in [5, 5.41) is 0. The molecule has 9 heteroatoms. The second kappa shape index (κ2) is 8.68. The third kappa shape index (κ3) is 4.28. The van der Waals surface area contributed by atoms with E-state index in [4.69, 9.17) is 9.47 Å². The number of hydrogen-bond donors (Lipinski definition) is 0. The molecule has 0 aromatic heterocycles. The van der Waals surface area contributed by atoms with Gasteiger partial charge in [0.15, 0.2) is 17.3 Å². The predicted octanol–water partition coefficient (Wildman–Crippen LogP) is 2.53. The molecule has 31 heavy (non-hydrogen) atoms. The first kappa shape index (κ1) is 21.3. The number of esters is 1. The SMILES string of the molecule is COC(=O)c1cccc(S(=O)(=O)N2CCC(C(=O)c3ccc4c(c3)OCCO4)CC2)c1. The van der Waals surface area contributed by atoms with Gasteiger partial charge in [0.25, 0.3) is 0 Å². The molecule has 0 aliphatic carbocycles. The predicted molar refractivity (Wildman–Crippen MR) is 111 cm³/mol. The molecular formula is C22H23NO7S. The molecule has 2 aromatic carbocycles. The molecule has 1 saturated heterocycles. The van der Waals surface area contributed by atoms with Gasteiger partial charge in [-0.25, -0.2) is 13.2 Å². The third-order valence-electron chi connectivity index (χ3n) is 5.54. The summed E-state index contributed by atoms with van der Waals surface area (Å²) >= 11 is 0. The van der Waals surface area contributed by atoms with E-state index in [1.54, 1.807) is 18.2 Å². The molecule has 164 valence electrons. The monoisotopic (exact) mass is 445 g/mol. The minimum atomic E-state index is -3.77. The Hall–Kier alpha value is -2.91. The smallest absolute Gasteiger partial charge is 0.337 e. The van der Waals surface area contributed by atoms with E-state index in [0.29, 0.717) is 43.1 Å². The summed E-state index contributed by atoms with van der Waals surface area (Å²) in [5.41, 5.74) is 0.712. The molecule has 0 bridgehead atoms. The number of rotatable bonds is 5. The average Bonchev–Trinajstić information content (AvgIpc) is 2.83. The summed E-state index contributed by atoms with van der Waals surface area (Å²) < 4.78 is 43.1. The molecule has 0 spiro atoms. The molecule has 0 radical (unpaired) electrons. The van der Waals surface area contributed by atoms with Gasteiger partial charge in [-0.15, -0.1) is 0 Å². The van der Waals surface area contributed by atoms with Crippen LogP contribution in [-0.2, 0) is 14.8 Å². The first-order valence-electron chi connectivity index (χ1n) is 10.0. The van der Waals surface area contributed by atoms with E-state index < -0.39 is 16.0 Å². The quantitative estimate of drug-likeness (QED) is 0.515. The molecule has 4 rings (SSSR count). The second-order valence-electron chi connectivity index (χ2n) is 7.42. The lowest BCUT2D eigenvalue weighted by molar-refractivity contribution is 0.0600. The molecule has 2 heterocycles. The van der Waals surface area contributed by atoms with Crippen LogP contribution < -0.4 is 9.47 Å². The first-order chi connectivity index (χ1) is 14.9. The van der Waals surface area contributed by atoms with Crippen molar-refractivity contribution in [3.8, 4) is 11.5 Å². The van der Waals surface area contributed by atoms with Crippen molar-refractivity contribution >= 4 is 21.8 Å². The third-order valence-corrected chi connectivity index (χ3v) is 7.44. The van der Waals surface area contributed by atoms with Crippen molar-refractivity contribution in [2.45, 2.75) is 17.7 Å². The largest absolute Gasteiger partial charge is 0.486 e. The second-order valence-corrected chi connectivity index (χ2v) is 9.36. The fourth-order valence-corrected chi connectivity index (χ4v) is 5.36. The maximum atomic E-state index is 13.0. The normalized spacial score (nSPS) is 17.2. The Morgan fingerprint density at radius 2 is 1.68 bits per heavy atom. The van der Waals surface area contributed by atoms with Gasteiger partial charge in [0.2, 0.25) is 10.0 Å². The van der Waals surface area contributed by atoms with E-state index in [9.17, 15) is 18.0 Å². The fourth-order valence-electron chi connectivity index (χ4n) is 3.84. The van der Waals surface area contributed by atoms with E-state index >= 15 is 0 Å². The standard InChI is InChI=1S/C22H23NO7S/c1-28-22(25)17-3-2-4-18(13-17)31(26,27)23-9-7-15(8-10-23)21(24)16-5-6-19-20(14-16)30-12-11-29-19/h2-6,13-15H,7-12H2,1H3. The molecular weight excluding hydrogens is 422 g/mol. The molecule has 2 aliphatic rings. The summed E-state index contributed by atoms with van der Waals surface area (Å²) in [6, 6.07) is 10.9. The Morgan fingerprint density at radius 3 is 2.39 bits per heavy atom. The summed E-state index contributed by atoms with van der Waals surface area (Å²) in [6.07, 6.45) is 0.840. The van der Waals surface area contributed by atoms with Crippen LogP contribution in [-0.4, -0.2) is 57.9 Å². The number of carbonyl (C=O) groups is 2. The van der Waals surface area contributed by atoms with E-state index in [0.717, 1.165) is 0 Å². The number of methoxy groups -OCH3 is 1. The van der Waals surface area contributed by atoms with E-state index in [1.165, 1.54) is 35.7 Å². The van der Waals surface area contributed by atoms with Crippen LogP contribution in [0, 0.1) is 5.92 Å². The van der Waals surface area contributed by atoms with Gasteiger partial charge in [0.05, 0.1) is 17.6 Å². The Labute approximate surface area is 180 Å². The van der Waals surface area contributed by atoms with Crippen molar-refractivity contribution in [1.29, 1.82) is 0 Å². The molecule has 0 N–H and O–H groups in total. The van der Waals surface area contributed by atoms with Crippen LogP contribution in [0.5, 0.6) is 11.5 Å². The number of nitrogens with zero attached hydrogens (tertiary/aromatic N) is 1. The van der Waals surface area contributed by atoms with Crippen molar-refractivity contribution in [3.63, 3.8) is 0 Å². The molecule has 1 fully saturated rings. The maximum Gasteiger partial charge on any atom is 0.337 e. The van der Waals surface area contributed by atoms with Crippen molar-refractivity contribution in [3.05, 3.63) is 53.6 Å². The van der Waals surface area contributed by atoms with Crippen molar-refractivity contribution in [1.82, 2.24) is 4.31 Å². The zero-order valence-electron chi connectivity index (χ0n) is 17.1. The fraction of sp³-hybridized carbons (Fsp3) is 0.364. The van der Waals surface area contributed by atoms with Gasteiger partial charge in [-0.05, 0) is 49.2 Å². The van der Waals surface area contributed by atoms with Gasteiger partial charge in [-0.2, -0.15) is 4.31 Å². The van der Waals surface area contributed by atoms with E-state index in [2.05, 4.69) is 4.74 Å². The average molecular weight is 445 g/mol. The van der Waals surface area contributed by atoms with Gasteiger partial charge >= 0.3 is 5.97 Å². The highest BCUT2D eigenvalue weighted by Crippen LogP contribution is 2.33. The van der Waals surface area contributed by atoms with E-state index in [1.807, 2.05) is 0 Å². The van der Waals surface area contributed by atoms with Crippen LogP contribution in [0.25, 0.3) is 0 Å². The lowest BCUT2D eigenvalue weighted by Crippen LogP contribution is -2.40. The van der Waals surface area contributed by atoms with Gasteiger partial charge in [0, 0.05) is 24.6 Å². The highest BCUT2D eigenvalue weighted by molar-refractivity contribution is 7.89. The van der Waals surface area contributed by atoms with Gasteiger partial charge in [-0.3, -0.25) is 4.79 Å². The zero-order valence-corrected chi connectivity index (χ0v) is 17.9. The molecule has 0 amide bonds. The maximum absolute atomic E-state index is 13.0. The number of sulfonamides is 1. The molecule has 0 saturated carbocycles. The van der Waals surface area contributed by atoms with Crippen LogP contribution in [0.2, 0.25) is 0 Å². The summed E-state index contributed by atoms with van der Waals surface area (Å²) in [5.74, 6) is 0.290. The van der Waals surface area contributed by atoms with Crippen molar-refractivity contribution in [2.24, 2.45) is 5.92 Å². The van der Waals surface area contributed by atoms with Crippen molar-refractivity contribution < 1.29 is 32.2 Å². The van der Waals surface area contributed by atoms with Crippen LogP contribution >= 0.6 is 0 Å². The van der Waals surface area contributed by atoms with Gasteiger partial charge < -0.3 is 14.2 Å².